The molecule has 6 nitrogen and oxygen atoms in total. The topological polar surface area (TPSA) is 67.2 Å². The molecule has 2 aromatic rings. The van der Waals surface area contributed by atoms with Crippen molar-refractivity contribution >= 4 is 11.8 Å². The van der Waals surface area contributed by atoms with E-state index in [2.05, 4.69) is 43.4 Å². The van der Waals surface area contributed by atoms with Crippen LogP contribution in [0.4, 0.5) is 0 Å². The second kappa shape index (κ2) is 9.08. The van der Waals surface area contributed by atoms with Gasteiger partial charge in [0.2, 0.25) is 5.91 Å². The minimum atomic E-state index is -0.966. The number of nitrogens with zero attached hydrogens (tertiary/aromatic N) is 3. The largest absolute Gasteiger partial charge is 0.351 e. The lowest BCUT2D eigenvalue weighted by molar-refractivity contribution is -0.135. The second-order valence-electron chi connectivity index (χ2n) is 9.64. The molecule has 1 aromatic carbocycles. The zero-order valence-corrected chi connectivity index (χ0v) is 19.9. The third-order valence-corrected chi connectivity index (χ3v) is 7.33. The summed E-state index contributed by atoms with van der Waals surface area (Å²) < 4.78 is 1.74. The van der Waals surface area contributed by atoms with Gasteiger partial charge in [-0.3, -0.25) is 14.3 Å². The number of rotatable bonds is 6. The van der Waals surface area contributed by atoms with Crippen molar-refractivity contribution in [2.75, 3.05) is 0 Å². The van der Waals surface area contributed by atoms with E-state index >= 15 is 0 Å². The molecule has 32 heavy (non-hydrogen) atoms. The van der Waals surface area contributed by atoms with Crippen molar-refractivity contribution in [1.82, 2.24) is 20.0 Å². The van der Waals surface area contributed by atoms with Crippen LogP contribution in [0, 0.1) is 0 Å². The van der Waals surface area contributed by atoms with E-state index in [1.807, 2.05) is 19.9 Å². The van der Waals surface area contributed by atoms with Crippen LogP contribution in [0.1, 0.15) is 82.3 Å². The smallest absolute Gasteiger partial charge is 0.273 e. The van der Waals surface area contributed by atoms with E-state index in [0.29, 0.717) is 12.2 Å². The predicted octanol–water partition coefficient (Wildman–Crippen LogP) is 4.57. The quantitative estimate of drug-likeness (QED) is 0.721. The zero-order valence-electron chi connectivity index (χ0n) is 19.9. The molecule has 1 aliphatic carbocycles. The van der Waals surface area contributed by atoms with E-state index in [9.17, 15) is 9.59 Å². The third-order valence-electron chi connectivity index (χ3n) is 7.33. The molecule has 0 spiro atoms. The molecule has 2 heterocycles. The molecule has 1 aliphatic heterocycles. The summed E-state index contributed by atoms with van der Waals surface area (Å²) in [7, 11) is 0. The van der Waals surface area contributed by atoms with Gasteiger partial charge in [-0.15, -0.1) is 0 Å². The lowest BCUT2D eigenvalue weighted by Gasteiger charge is -2.46. The van der Waals surface area contributed by atoms with Crippen molar-refractivity contribution in [2.24, 2.45) is 0 Å². The molecule has 1 saturated carbocycles. The Kier molecular flexibility index (Phi) is 6.40. The molecule has 2 atom stereocenters. The average molecular weight is 437 g/mol. The number of benzene rings is 1. The van der Waals surface area contributed by atoms with E-state index in [1.54, 1.807) is 9.58 Å². The Morgan fingerprint density at radius 1 is 1.19 bits per heavy atom. The van der Waals surface area contributed by atoms with E-state index in [-0.39, 0.29) is 23.9 Å². The van der Waals surface area contributed by atoms with Gasteiger partial charge in [0, 0.05) is 17.6 Å². The molecular formula is C26H36N4O2. The number of aromatic nitrogens is 2. The first-order valence-electron chi connectivity index (χ1n) is 12.2. The fourth-order valence-electron chi connectivity index (χ4n) is 5.12. The van der Waals surface area contributed by atoms with Crippen LogP contribution in [0.3, 0.4) is 0 Å². The van der Waals surface area contributed by atoms with E-state index in [0.717, 1.165) is 49.8 Å². The molecule has 2 unspecified atom stereocenters. The Balaban J connectivity index is 1.67. The summed E-state index contributed by atoms with van der Waals surface area (Å²) in [5.41, 5.74) is 2.62. The Morgan fingerprint density at radius 2 is 1.88 bits per heavy atom. The van der Waals surface area contributed by atoms with Crippen LogP contribution in [-0.4, -0.2) is 44.1 Å². The molecule has 1 fully saturated rings. The van der Waals surface area contributed by atoms with Gasteiger partial charge in [0.25, 0.3) is 5.91 Å². The van der Waals surface area contributed by atoms with Crippen molar-refractivity contribution in [3.05, 3.63) is 41.6 Å². The molecule has 0 bridgehead atoms. The normalized spacial score (nSPS) is 22.5. The summed E-state index contributed by atoms with van der Waals surface area (Å²) in [6.07, 6.45) is 7.35. The van der Waals surface area contributed by atoms with Crippen molar-refractivity contribution in [3.63, 3.8) is 0 Å². The number of carbonyl (C=O) groups excluding carboxylic acids is 2. The van der Waals surface area contributed by atoms with Crippen molar-refractivity contribution in [3.8, 4) is 11.3 Å². The van der Waals surface area contributed by atoms with Gasteiger partial charge in [-0.25, -0.2) is 0 Å². The Bertz CT molecular complexity index is 974. The fraction of sp³-hybridized carbons (Fsp3) is 0.577. The predicted molar refractivity (Wildman–Crippen MR) is 126 cm³/mol. The molecule has 4 rings (SSSR count). The minimum Gasteiger partial charge on any atom is -0.351 e. The van der Waals surface area contributed by atoms with E-state index < -0.39 is 5.54 Å². The summed E-state index contributed by atoms with van der Waals surface area (Å²) in [5.74, 6) is -0.177. The van der Waals surface area contributed by atoms with Crippen LogP contribution in [0.5, 0.6) is 0 Å². The molecule has 2 aliphatic rings. The number of nitrogens with one attached hydrogen (secondary N) is 1. The van der Waals surface area contributed by atoms with Gasteiger partial charge in [0.15, 0.2) is 0 Å². The van der Waals surface area contributed by atoms with Gasteiger partial charge in [-0.05, 0) is 51.2 Å². The van der Waals surface area contributed by atoms with Crippen LogP contribution in [-0.2, 0) is 17.8 Å². The highest BCUT2D eigenvalue weighted by Crippen LogP contribution is 2.33. The first-order valence-corrected chi connectivity index (χ1v) is 12.2. The van der Waals surface area contributed by atoms with Gasteiger partial charge < -0.3 is 10.2 Å². The molecule has 2 amide bonds. The summed E-state index contributed by atoms with van der Waals surface area (Å²) in [6, 6.07) is 10.3. The molecule has 0 saturated heterocycles. The maximum Gasteiger partial charge on any atom is 0.273 e. The number of hydrogen-bond acceptors (Lipinski definition) is 3. The molecular weight excluding hydrogens is 400 g/mol. The molecule has 1 aromatic heterocycles. The van der Waals surface area contributed by atoms with Gasteiger partial charge in [-0.2, -0.15) is 5.10 Å². The maximum absolute atomic E-state index is 13.7. The van der Waals surface area contributed by atoms with E-state index in [1.165, 1.54) is 12.0 Å². The monoisotopic (exact) mass is 436 g/mol. The first-order chi connectivity index (χ1) is 15.4. The molecule has 0 radical (unpaired) electrons. The fourth-order valence-corrected chi connectivity index (χ4v) is 5.12. The second-order valence-corrected chi connectivity index (χ2v) is 9.64. The summed E-state index contributed by atoms with van der Waals surface area (Å²) in [4.78, 5) is 29.0. The lowest BCUT2D eigenvalue weighted by atomic mass is 9.90. The van der Waals surface area contributed by atoms with Gasteiger partial charge in [0.05, 0.1) is 12.2 Å². The number of carbonyl (C=O) groups is 2. The van der Waals surface area contributed by atoms with E-state index in [4.69, 9.17) is 5.10 Å². The highest BCUT2D eigenvalue weighted by molar-refractivity contribution is 6.00. The number of aryl methyl sites for hydroxylation is 1. The average Bonchev–Trinajstić information content (AvgIpc) is 3.23. The molecule has 172 valence electrons. The van der Waals surface area contributed by atoms with Crippen LogP contribution in [0.2, 0.25) is 0 Å². The van der Waals surface area contributed by atoms with Gasteiger partial charge in [0.1, 0.15) is 11.2 Å². The Labute approximate surface area is 191 Å². The van der Waals surface area contributed by atoms with Crippen molar-refractivity contribution < 1.29 is 9.59 Å². The highest BCUT2D eigenvalue weighted by Gasteiger charge is 2.49. The van der Waals surface area contributed by atoms with Crippen LogP contribution in [0.15, 0.2) is 30.3 Å². The van der Waals surface area contributed by atoms with Gasteiger partial charge in [-0.1, -0.05) is 57.4 Å². The molecule has 1 N–H and O–H groups in total. The lowest BCUT2D eigenvalue weighted by Crippen LogP contribution is -2.67. The Hall–Kier alpha value is -2.63. The van der Waals surface area contributed by atoms with Crippen LogP contribution in [0.25, 0.3) is 11.3 Å². The summed E-state index contributed by atoms with van der Waals surface area (Å²) in [5, 5.41) is 8.03. The van der Waals surface area contributed by atoms with Crippen LogP contribution >= 0.6 is 0 Å². The van der Waals surface area contributed by atoms with Crippen molar-refractivity contribution in [1.29, 1.82) is 0 Å². The number of hydrogen-bond donors (Lipinski definition) is 1. The van der Waals surface area contributed by atoms with Gasteiger partial charge >= 0.3 is 0 Å². The first kappa shape index (κ1) is 22.6. The number of amides is 2. The summed E-state index contributed by atoms with van der Waals surface area (Å²) in [6.45, 7) is 8.48. The van der Waals surface area contributed by atoms with Crippen LogP contribution < -0.4 is 5.32 Å². The maximum atomic E-state index is 13.7. The standard InChI is InChI=1S/C26H36N4O2/c1-5-18(3)30-24(31)23-16-22(20-14-12-19(6-2)13-15-20)28-29(23)17-26(30,4)25(32)27-21-10-8-7-9-11-21/h12-16,18,21H,5-11,17H2,1-4H3,(H,27,32). The van der Waals surface area contributed by atoms with Crippen molar-refractivity contribution in [2.45, 2.75) is 96.8 Å². The SMILES string of the molecule is CCc1ccc(-c2cc3n(n2)CC(C)(C(=O)NC2CCCCC2)N(C(C)CC)C3=O)cc1. The number of fused-ring (bicyclic) bond motifs is 1. The highest BCUT2D eigenvalue weighted by atomic mass is 16.2. The molecule has 6 heteroatoms. The third kappa shape index (κ3) is 4.07. The minimum absolute atomic E-state index is 0.0412. The summed E-state index contributed by atoms with van der Waals surface area (Å²) >= 11 is 0. The zero-order chi connectivity index (χ0) is 22.9. The Morgan fingerprint density at radius 3 is 2.50 bits per heavy atom.